The van der Waals surface area contributed by atoms with Crippen LogP contribution in [0.1, 0.15) is 33.5 Å². The first kappa shape index (κ1) is 38.1. The number of pyridine rings is 1. The standard InChI is InChI=1S/C20H22N4O10S.C14H16N4/c1-9(25)33-10(2)34-19(28)15-11(7-32-20(21)29)8-35-18-14(17(27)24(15)18)22-16(26)13(23-30-3)12-5-4-6-31-12;1-9(2)7-18-8-16-12-13(18)10-5-3-4-6-11(10)17-14(12)15/h4-6,10,14,18H,7-8H2,1-3H3,(H2,21,29)(H,22,26);3-6,8-9H,7H2,1-2H3,(H2,15,17)/b23-13+;/t10?,14-,18-;/m1./s1. The summed E-state index contributed by atoms with van der Waals surface area (Å²) in [5, 5.41) is 6.64. The zero-order valence-electron chi connectivity index (χ0n) is 29.4. The molecule has 6 rings (SSSR count). The molecule has 0 spiro atoms. The predicted octanol–water partition coefficient (Wildman–Crippen LogP) is 2.65. The van der Waals surface area contributed by atoms with E-state index in [0.717, 1.165) is 40.3 Å². The lowest BCUT2D eigenvalue weighted by molar-refractivity contribution is -0.182. The fourth-order valence-corrected chi connectivity index (χ4v) is 6.98. The third-order valence-corrected chi connectivity index (χ3v) is 9.05. The number of esters is 2. The molecule has 2 aliphatic heterocycles. The second-order valence-corrected chi connectivity index (χ2v) is 13.2. The Bertz CT molecular complexity index is 2090. The van der Waals surface area contributed by atoms with Crippen molar-refractivity contribution in [3.05, 3.63) is 66.0 Å². The van der Waals surface area contributed by atoms with Crippen molar-refractivity contribution in [3.63, 3.8) is 0 Å². The number of anilines is 1. The van der Waals surface area contributed by atoms with Crippen LogP contribution in [0.25, 0.3) is 21.9 Å². The first-order valence-electron chi connectivity index (χ1n) is 16.2. The van der Waals surface area contributed by atoms with Gasteiger partial charge in [-0.1, -0.05) is 37.2 Å². The minimum atomic E-state index is -1.24. The van der Waals surface area contributed by atoms with Crippen LogP contribution in [0.4, 0.5) is 10.6 Å². The number of oxime groups is 1. The van der Waals surface area contributed by atoms with Crippen LogP contribution in [0.3, 0.4) is 0 Å². The van der Waals surface area contributed by atoms with Gasteiger partial charge in [-0.05, 0) is 24.1 Å². The van der Waals surface area contributed by atoms with Crippen molar-refractivity contribution in [2.45, 2.75) is 51.9 Å². The highest BCUT2D eigenvalue weighted by Crippen LogP contribution is 2.41. The number of imidazole rings is 1. The summed E-state index contributed by atoms with van der Waals surface area (Å²) in [6, 6.07) is 10.1. The van der Waals surface area contributed by atoms with E-state index in [0.29, 0.717) is 11.7 Å². The molecular formula is C34H38N8O10S. The van der Waals surface area contributed by atoms with Crippen LogP contribution >= 0.6 is 11.8 Å². The molecule has 0 aliphatic carbocycles. The maximum Gasteiger partial charge on any atom is 0.404 e. The molecule has 2 aliphatic rings. The number of β-lactam (4-membered cyclic amide) rings is 1. The molecule has 1 unspecified atom stereocenters. The Labute approximate surface area is 306 Å². The molecule has 53 heavy (non-hydrogen) atoms. The molecule has 1 fully saturated rings. The van der Waals surface area contributed by atoms with Gasteiger partial charge in [0.25, 0.3) is 11.8 Å². The Morgan fingerprint density at radius 1 is 1.13 bits per heavy atom. The highest BCUT2D eigenvalue weighted by atomic mass is 32.2. The summed E-state index contributed by atoms with van der Waals surface area (Å²) in [7, 11) is 1.25. The number of nitrogens with zero attached hydrogens (tertiary/aromatic N) is 5. The normalized spacial score (nSPS) is 17.4. The van der Waals surface area contributed by atoms with E-state index in [-0.39, 0.29) is 35.1 Å². The Morgan fingerprint density at radius 2 is 1.89 bits per heavy atom. The number of benzene rings is 1. The quantitative estimate of drug-likeness (QED) is 0.0656. The van der Waals surface area contributed by atoms with Crippen molar-refractivity contribution < 1.29 is 47.4 Å². The van der Waals surface area contributed by atoms with Gasteiger partial charge in [0.15, 0.2) is 11.6 Å². The van der Waals surface area contributed by atoms with E-state index in [2.05, 4.69) is 44.9 Å². The number of nitrogens with two attached hydrogens (primary N) is 2. The summed E-state index contributed by atoms with van der Waals surface area (Å²) in [5.41, 5.74) is 13.7. The van der Waals surface area contributed by atoms with Crippen LogP contribution in [0.5, 0.6) is 0 Å². The highest BCUT2D eigenvalue weighted by molar-refractivity contribution is 8.00. The fourth-order valence-electron chi connectivity index (χ4n) is 5.66. The average Bonchev–Trinajstić information content (AvgIpc) is 3.79. The average molecular weight is 751 g/mol. The maximum atomic E-state index is 13.0. The minimum Gasteiger partial charge on any atom is -0.462 e. The van der Waals surface area contributed by atoms with E-state index in [9.17, 15) is 24.0 Å². The van der Waals surface area contributed by atoms with E-state index < -0.39 is 47.6 Å². The number of furan rings is 1. The van der Waals surface area contributed by atoms with Gasteiger partial charge in [-0.15, -0.1) is 11.8 Å². The second-order valence-electron chi connectivity index (χ2n) is 12.1. The largest absolute Gasteiger partial charge is 0.462 e. The fraction of sp³-hybridized carbons (Fsp3) is 0.353. The molecule has 0 radical (unpaired) electrons. The summed E-state index contributed by atoms with van der Waals surface area (Å²) in [5.74, 6) is -1.68. The van der Waals surface area contributed by atoms with Gasteiger partial charge < -0.3 is 44.8 Å². The Hall–Kier alpha value is -6.11. The van der Waals surface area contributed by atoms with Gasteiger partial charge in [0.2, 0.25) is 12.0 Å². The number of amides is 3. The molecule has 0 bridgehead atoms. The smallest absolute Gasteiger partial charge is 0.404 e. The van der Waals surface area contributed by atoms with Crippen molar-refractivity contribution in [2.75, 3.05) is 25.2 Å². The number of carbonyl (C=O) groups is 5. The molecule has 1 aromatic carbocycles. The molecule has 19 heteroatoms. The molecule has 0 saturated carbocycles. The third-order valence-electron chi connectivity index (χ3n) is 7.72. The van der Waals surface area contributed by atoms with E-state index in [1.807, 2.05) is 24.5 Å². The lowest BCUT2D eigenvalue weighted by atomic mass is 10.0. The molecule has 4 aromatic rings. The Balaban J connectivity index is 0.000000250. The predicted molar refractivity (Wildman–Crippen MR) is 191 cm³/mol. The van der Waals surface area contributed by atoms with Crippen molar-refractivity contribution in [2.24, 2.45) is 16.8 Å². The third kappa shape index (κ3) is 8.52. The zero-order valence-corrected chi connectivity index (χ0v) is 30.2. The topological polar surface area (TPSA) is 246 Å². The van der Waals surface area contributed by atoms with Crippen LogP contribution in [0.15, 0.2) is 69.8 Å². The van der Waals surface area contributed by atoms with Gasteiger partial charge in [-0.3, -0.25) is 19.3 Å². The summed E-state index contributed by atoms with van der Waals surface area (Å²) in [6.07, 6.45) is 0.881. The summed E-state index contributed by atoms with van der Waals surface area (Å²) < 4.78 is 22.1. The molecule has 18 nitrogen and oxygen atoms in total. The molecule has 3 aromatic heterocycles. The van der Waals surface area contributed by atoms with E-state index in [1.165, 1.54) is 38.1 Å². The number of carbonyl (C=O) groups excluding carboxylic acids is 5. The van der Waals surface area contributed by atoms with Gasteiger partial charge in [0.05, 0.1) is 23.6 Å². The first-order chi connectivity index (χ1) is 25.3. The van der Waals surface area contributed by atoms with Crippen molar-refractivity contribution in [1.82, 2.24) is 24.8 Å². The van der Waals surface area contributed by atoms with Crippen LogP contribution in [-0.2, 0) is 44.8 Å². The number of hydrogen-bond donors (Lipinski definition) is 3. The summed E-state index contributed by atoms with van der Waals surface area (Å²) >= 11 is 1.21. The van der Waals surface area contributed by atoms with Crippen LogP contribution in [0, 0.1) is 5.92 Å². The molecule has 3 amide bonds. The maximum absolute atomic E-state index is 13.0. The first-order valence-corrected chi connectivity index (χ1v) is 17.3. The summed E-state index contributed by atoms with van der Waals surface area (Å²) in [4.78, 5) is 75.5. The number of nitrogen functional groups attached to an aromatic ring is 1. The lowest BCUT2D eigenvalue weighted by Crippen LogP contribution is -2.71. The molecule has 5 N–H and O–H groups in total. The zero-order chi connectivity index (χ0) is 38.4. The molecule has 1 saturated heterocycles. The Kier molecular flexibility index (Phi) is 11.9. The number of aromatic nitrogens is 3. The van der Waals surface area contributed by atoms with Gasteiger partial charge >= 0.3 is 18.0 Å². The number of para-hydroxylation sites is 1. The number of ether oxygens (including phenoxy) is 3. The summed E-state index contributed by atoms with van der Waals surface area (Å²) in [6.45, 7) is 7.41. The molecule has 3 atom stereocenters. The monoisotopic (exact) mass is 750 g/mol. The van der Waals surface area contributed by atoms with Gasteiger partial charge in [0.1, 0.15) is 36.3 Å². The molecular weight excluding hydrogens is 712 g/mol. The van der Waals surface area contributed by atoms with E-state index >= 15 is 0 Å². The van der Waals surface area contributed by atoms with Crippen molar-refractivity contribution >= 4 is 75.1 Å². The van der Waals surface area contributed by atoms with Gasteiger partial charge in [-0.25, -0.2) is 19.6 Å². The lowest BCUT2D eigenvalue weighted by Gasteiger charge is -2.49. The second kappa shape index (κ2) is 16.5. The van der Waals surface area contributed by atoms with Gasteiger partial charge in [-0.2, -0.15) is 0 Å². The van der Waals surface area contributed by atoms with E-state index in [1.54, 1.807) is 6.07 Å². The van der Waals surface area contributed by atoms with Crippen molar-refractivity contribution in [3.8, 4) is 0 Å². The van der Waals surface area contributed by atoms with Crippen LogP contribution < -0.4 is 16.8 Å². The molecule has 5 heterocycles. The number of thioether (sulfide) groups is 1. The number of nitrogens with one attached hydrogen (secondary N) is 1. The number of fused-ring (bicyclic) bond motifs is 4. The van der Waals surface area contributed by atoms with Crippen LogP contribution in [0.2, 0.25) is 0 Å². The molecule has 280 valence electrons. The number of rotatable bonds is 11. The number of hydrogen-bond acceptors (Lipinski definition) is 15. The van der Waals surface area contributed by atoms with Crippen LogP contribution in [-0.4, -0.2) is 92.2 Å². The number of primary amides is 1. The van der Waals surface area contributed by atoms with Gasteiger partial charge in [0, 0.05) is 37.1 Å². The van der Waals surface area contributed by atoms with Crippen molar-refractivity contribution in [1.29, 1.82) is 0 Å². The Morgan fingerprint density at radius 3 is 2.55 bits per heavy atom. The SMILES string of the molecule is CC(C)Cn1cnc2c(N)nc3ccccc3c21.CO/N=C(/C(=O)N[C@@H]1C(=O)N2C(C(=O)OC(C)OC(C)=O)=C(COC(N)=O)CS[C@H]12)c1ccco1. The highest BCUT2D eigenvalue weighted by Gasteiger charge is 2.55. The minimum absolute atomic E-state index is 0.124. The van der Waals surface area contributed by atoms with E-state index in [4.69, 9.17) is 34.9 Å².